The van der Waals surface area contributed by atoms with Crippen molar-refractivity contribution in [1.82, 2.24) is 9.88 Å². The molecule has 0 aliphatic heterocycles. The lowest BCUT2D eigenvalue weighted by atomic mass is 9.98. The molecule has 1 atom stereocenters. The maximum absolute atomic E-state index is 12.8. The highest BCUT2D eigenvalue weighted by molar-refractivity contribution is 7.99. The van der Waals surface area contributed by atoms with Crippen molar-refractivity contribution in [2.75, 3.05) is 19.8 Å². The standard InChI is InChI=1S/C31H30Cl2N2O4S/c1-35(2)31(38)26-7-4-8-27(33)25(26)13-14-29(40-16-15-30(36)37)21-5-3-6-24(17-21)39-19-23-12-10-20-9-11-22(32)18-28(20)34-23/h3-12,17-18,29H,13-16,19H2,1-2H3,(H,36,37). The fourth-order valence-corrected chi connectivity index (χ4v) is 5.97. The van der Waals surface area contributed by atoms with Crippen molar-refractivity contribution >= 4 is 57.7 Å². The van der Waals surface area contributed by atoms with Gasteiger partial charge in [-0.15, -0.1) is 0 Å². The number of carboxylic acids is 1. The highest BCUT2D eigenvalue weighted by Gasteiger charge is 2.19. The van der Waals surface area contributed by atoms with Crippen LogP contribution in [0.1, 0.15) is 45.3 Å². The lowest BCUT2D eigenvalue weighted by Gasteiger charge is -2.20. The molecule has 1 unspecified atom stereocenters. The lowest BCUT2D eigenvalue weighted by Crippen LogP contribution is -2.23. The Kier molecular flexibility index (Phi) is 10.3. The number of hydrogen-bond acceptors (Lipinski definition) is 5. The average molecular weight is 598 g/mol. The molecule has 1 aromatic heterocycles. The van der Waals surface area contributed by atoms with Gasteiger partial charge in [0, 0.05) is 46.1 Å². The van der Waals surface area contributed by atoms with Crippen molar-refractivity contribution in [3.05, 3.63) is 105 Å². The van der Waals surface area contributed by atoms with Gasteiger partial charge in [-0.3, -0.25) is 9.59 Å². The molecule has 0 spiro atoms. The fourth-order valence-electron chi connectivity index (χ4n) is 4.34. The van der Waals surface area contributed by atoms with Gasteiger partial charge >= 0.3 is 5.97 Å². The molecule has 1 heterocycles. The number of benzene rings is 3. The number of aromatic nitrogens is 1. The van der Waals surface area contributed by atoms with Gasteiger partial charge in [-0.2, -0.15) is 11.8 Å². The van der Waals surface area contributed by atoms with E-state index in [-0.39, 0.29) is 17.6 Å². The second-order valence-electron chi connectivity index (χ2n) is 9.51. The first-order valence-electron chi connectivity index (χ1n) is 12.8. The van der Waals surface area contributed by atoms with E-state index in [1.165, 1.54) is 4.90 Å². The molecule has 0 fully saturated rings. The Bertz CT molecular complexity index is 1510. The number of nitrogens with zero attached hydrogens (tertiary/aromatic N) is 2. The molecule has 4 aromatic rings. The van der Waals surface area contributed by atoms with Gasteiger partial charge in [0.1, 0.15) is 12.4 Å². The Morgan fingerprint density at radius 2 is 1.80 bits per heavy atom. The Morgan fingerprint density at radius 1 is 1.02 bits per heavy atom. The molecular formula is C31H30Cl2N2O4S. The normalized spacial score (nSPS) is 11.8. The smallest absolute Gasteiger partial charge is 0.304 e. The molecule has 3 aromatic carbocycles. The number of pyridine rings is 1. The number of hydrogen-bond donors (Lipinski definition) is 1. The maximum Gasteiger partial charge on any atom is 0.304 e. The summed E-state index contributed by atoms with van der Waals surface area (Å²) in [5.74, 6) is 0.210. The molecule has 4 rings (SSSR count). The Balaban J connectivity index is 1.52. The molecule has 0 bridgehead atoms. The first-order valence-corrected chi connectivity index (χ1v) is 14.6. The number of ether oxygens (including phenoxy) is 1. The molecular weight excluding hydrogens is 567 g/mol. The highest BCUT2D eigenvalue weighted by Crippen LogP contribution is 2.37. The van der Waals surface area contributed by atoms with Gasteiger partial charge in [-0.1, -0.05) is 53.5 Å². The van der Waals surface area contributed by atoms with Crippen LogP contribution in [-0.4, -0.2) is 46.7 Å². The molecule has 208 valence electrons. The largest absolute Gasteiger partial charge is 0.487 e. The zero-order valence-electron chi connectivity index (χ0n) is 22.3. The average Bonchev–Trinajstić information content (AvgIpc) is 2.93. The quantitative estimate of drug-likeness (QED) is 0.180. The van der Waals surface area contributed by atoms with Crippen LogP contribution in [0.2, 0.25) is 10.0 Å². The highest BCUT2D eigenvalue weighted by atomic mass is 35.5. The zero-order chi connectivity index (χ0) is 28.6. The lowest BCUT2D eigenvalue weighted by molar-refractivity contribution is -0.136. The molecule has 1 N–H and O–H groups in total. The summed E-state index contributed by atoms with van der Waals surface area (Å²) in [6, 6.07) is 22.7. The van der Waals surface area contributed by atoms with Gasteiger partial charge in [-0.05, 0) is 66.4 Å². The Hall–Kier alpha value is -3.26. The number of fused-ring (bicyclic) bond motifs is 1. The second-order valence-corrected chi connectivity index (χ2v) is 11.7. The summed E-state index contributed by atoms with van der Waals surface area (Å²) in [5.41, 5.74) is 3.97. The molecule has 9 heteroatoms. The summed E-state index contributed by atoms with van der Waals surface area (Å²) in [4.78, 5) is 30.2. The van der Waals surface area contributed by atoms with Crippen LogP contribution in [-0.2, 0) is 17.8 Å². The van der Waals surface area contributed by atoms with Crippen LogP contribution in [0.15, 0.2) is 72.8 Å². The van der Waals surface area contributed by atoms with Crippen LogP contribution in [0, 0.1) is 0 Å². The monoisotopic (exact) mass is 596 g/mol. The van der Waals surface area contributed by atoms with Crippen LogP contribution in [0.3, 0.4) is 0 Å². The van der Waals surface area contributed by atoms with Crippen molar-refractivity contribution in [2.24, 2.45) is 0 Å². The van der Waals surface area contributed by atoms with E-state index in [0.29, 0.717) is 46.6 Å². The van der Waals surface area contributed by atoms with Gasteiger partial charge in [-0.25, -0.2) is 4.98 Å². The van der Waals surface area contributed by atoms with Crippen LogP contribution in [0.4, 0.5) is 0 Å². The number of carbonyl (C=O) groups is 2. The van der Waals surface area contributed by atoms with E-state index < -0.39 is 5.97 Å². The van der Waals surface area contributed by atoms with Crippen molar-refractivity contribution in [1.29, 1.82) is 0 Å². The van der Waals surface area contributed by atoms with Crippen LogP contribution >= 0.6 is 35.0 Å². The van der Waals surface area contributed by atoms with E-state index in [1.807, 2.05) is 54.6 Å². The topological polar surface area (TPSA) is 79.7 Å². The van der Waals surface area contributed by atoms with Crippen LogP contribution in [0.25, 0.3) is 10.9 Å². The van der Waals surface area contributed by atoms with Crippen molar-refractivity contribution in [3.63, 3.8) is 0 Å². The Morgan fingerprint density at radius 3 is 2.58 bits per heavy atom. The van der Waals surface area contributed by atoms with E-state index in [4.69, 9.17) is 27.9 Å². The minimum atomic E-state index is -0.836. The summed E-state index contributed by atoms with van der Waals surface area (Å²) < 4.78 is 6.09. The predicted molar refractivity (Wildman–Crippen MR) is 163 cm³/mol. The third kappa shape index (κ3) is 7.90. The number of amides is 1. The van der Waals surface area contributed by atoms with E-state index in [9.17, 15) is 14.7 Å². The fraction of sp³-hybridized carbons (Fsp3) is 0.258. The maximum atomic E-state index is 12.8. The van der Waals surface area contributed by atoms with Crippen LogP contribution in [0.5, 0.6) is 5.75 Å². The third-order valence-electron chi connectivity index (χ3n) is 6.38. The second kappa shape index (κ2) is 13.9. The SMILES string of the molecule is CN(C)C(=O)c1cccc(Cl)c1CCC(SCCC(=O)O)c1cccc(OCc2ccc3ccc(Cl)cc3n2)c1. The molecule has 0 saturated carbocycles. The summed E-state index contributed by atoms with van der Waals surface area (Å²) in [6.07, 6.45) is 1.29. The summed E-state index contributed by atoms with van der Waals surface area (Å²) in [5, 5.41) is 11.3. The third-order valence-corrected chi connectivity index (χ3v) is 8.31. The number of carboxylic acid groups (broad SMARTS) is 1. The molecule has 6 nitrogen and oxygen atoms in total. The molecule has 0 aliphatic carbocycles. The van der Waals surface area contributed by atoms with E-state index in [2.05, 4.69) is 4.98 Å². The van der Waals surface area contributed by atoms with Gasteiger partial charge < -0.3 is 14.7 Å². The van der Waals surface area contributed by atoms with Crippen molar-refractivity contribution < 1.29 is 19.4 Å². The molecule has 40 heavy (non-hydrogen) atoms. The number of aliphatic carboxylic acids is 1. The van der Waals surface area contributed by atoms with E-state index >= 15 is 0 Å². The molecule has 0 radical (unpaired) electrons. The van der Waals surface area contributed by atoms with Gasteiger partial charge in [0.15, 0.2) is 0 Å². The van der Waals surface area contributed by atoms with Gasteiger partial charge in [0.05, 0.1) is 17.6 Å². The number of rotatable bonds is 12. The summed E-state index contributed by atoms with van der Waals surface area (Å²) in [6.45, 7) is 0.290. The first kappa shape index (κ1) is 29.7. The summed E-state index contributed by atoms with van der Waals surface area (Å²) >= 11 is 14.2. The van der Waals surface area contributed by atoms with Crippen molar-refractivity contribution in [3.8, 4) is 5.75 Å². The number of carbonyl (C=O) groups excluding carboxylic acids is 1. The minimum absolute atomic E-state index is 0.0255. The van der Waals surface area contributed by atoms with E-state index in [0.717, 1.165) is 27.7 Å². The minimum Gasteiger partial charge on any atom is -0.487 e. The number of thioether (sulfide) groups is 1. The molecule has 1 amide bonds. The summed E-state index contributed by atoms with van der Waals surface area (Å²) in [7, 11) is 3.43. The van der Waals surface area contributed by atoms with Gasteiger partial charge in [0.2, 0.25) is 0 Å². The van der Waals surface area contributed by atoms with E-state index in [1.54, 1.807) is 44.1 Å². The molecule has 0 aliphatic rings. The predicted octanol–water partition coefficient (Wildman–Crippen LogP) is 7.70. The first-order chi connectivity index (χ1) is 19.2. The molecule has 0 saturated heterocycles. The van der Waals surface area contributed by atoms with Crippen LogP contribution < -0.4 is 4.74 Å². The Labute approximate surface area is 248 Å². The van der Waals surface area contributed by atoms with Gasteiger partial charge in [0.25, 0.3) is 5.91 Å². The number of halogens is 2. The zero-order valence-corrected chi connectivity index (χ0v) is 24.6. The van der Waals surface area contributed by atoms with Crippen molar-refractivity contribution in [2.45, 2.75) is 31.1 Å².